The molecule has 1 aromatic carbocycles. The van der Waals surface area contributed by atoms with Gasteiger partial charge in [-0.25, -0.2) is 0 Å². The molecule has 2 aromatic rings. The summed E-state index contributed by atoms with van der Waals surface area (Å²) < 4.78 is 2.00. The number of aromatic nitrogens is 1. The third kappa shape index (κ3) is 1.95. The van der Waals surface area contributed by atoms with Crippen LogP contribution in [0.15, 0.2) is 48.7 Å². The quantitative estimate of drug-likeness (QED) is 0.855. The van der Waals surface area contributed by atoms with Crippen molar-refractivity contribution in [3.8, 4) is 0 Å². The first-order valence-corrected chi connectivity index (χ1v) is 6.02. The second kappa shape index (κ2) is 4.53. The number of carbonyl (C=O) groups excluding carboxylic acids is 1. The predicted molar refractivity (Wildman–Crippen MR) is 71.3 cm³/mol. The highest BCUT2D eigenvalue weighted by molar-refractivity contribution is 5.97. The summed E-state index contributed by atoms with van der Waals surface area (Å²) in [7, 11) is 0. The van der Waals surface area contributed by atoms with Crippen LogP contribution in [0.2, 0.25) is 0 Å². The molecule has 0 bridgehead atoms. The van der Waals surface area contributed by atoms with Crippen LogP contribution < -0.4 is 5.32 Å². The van der Waals surface area contributed by atoms with Gasteiger partial charge in [0.1, 0.15) is 5.69 Å². The Morgan fingerprint density at radius 3 is 2.83 bits per heavy atom. The Morgan fingerprint density at radius 1 is 1.17 bits per heavy atom. The molecule has 2 heterocycles. The molecule has 0 radical (unpaired) electrons. The van der Waals surface area contributed by atoms with Gasteiger partial charge in [-0.05, 0) is 11.6 Å². The summed E-state index contributed by atoms with van der Waals surface area (Å²) in [5, 5.41) is 2.87. The number of fused-ring (bicyclic) bond motifs is 1. The Morgan fingerprint density at radius 2 is 2.00 bits per heavy atom. The molecule has 90 valence electrons. The molecule has 3 heteroatoms. The van der Waals surface area contributed by atoms with Gasteiger partial charge in [-0.2, -0.15) is 0 Å². The van der Waals surface area contributed by atoms with Crippen LogP contribution in [0, 0.1) is 0 Å². The lowest BCUT2D eigenvalue weighted by Gasteiger charge is -2.09. The number of hydrogen-bond donors (Lipinski definition) is 1. The van der Waals surface area contributed by atoms with Crippen molar-refractivity contribution in [2.24, 2.45) is 0 Å². The predicted octanol–water partition coefficient (Wildman–Crippen LogP) is 2.29. The van der Waals surface area contributed by atoms with Crippen LogP contribution in [-0.4, -0.2) is 17.0 Å². The lowest BCUT2D eigenvalue weighted by Crippen LogP contribution is -2.25. The van der Waals surface area contributed by atoms with Crippen LogP contribution >= 0.6 is 0 Å². The van der Waals surface area contributed by atoms with E-state index in [1.807, 2.05) is 47.2 Å². The highest BCUT2D eigenvalue weighted by Crippen LogP contribution is 2.16. The van der Waals surface area contributed by atoms with Gasteiger partial charge >= 0.3 is 0 Å². The van der Waals surface area contributed by atoms with Crippen LogP contribution in [-0.2, 0) is 6.54 Å². The normalized spacial score (nSPS) is 13.9. The molecule has 1 aromatic heterocycles. The number of amides is 1. The molecule has 1 amide bonds. The maximum absolute atomic E-state index is 12.0. The van der Waals surface area contributed by atoms with Gasteiger partial charge in [0.25, 0.3) is 5.91 Å². The topological polar surface area (TPSA) is 34.0 Å². The van der Waals surface area contributed by atoms with Gasteiger partial charge in [0, 0.05) is 24.8 Å². The Labute approximate surface area is 106 Å². The first-order valence-electron chi connectivity index (χ1n) is 6.02. The summed E-state index contributed by atoms with van der Waals surface area (Å²) >= 11 is 0. The fourth-order valence-electron chi connectivity index (χ4n) is 2.22. The second-order valence-corrected chi connectivity index (χ2v) is 4.35. The maximum Gasteiger partial charge on any atom is 0.268 e. The zero-order valence-electron chi connectivity index (χ0n) is 9.97. The van der Waals surface area contributed by atoms with Gasteiger partial charge in [0.2, 0.25) is 0 Å². The number of hydrogen-bond acceptors (Lipinski definition) is 1. The molecule has 0 aliphatic carbocycles. The monoisotopic (exact) mass is 238 g/mol. The lowest BCUT2D eigenvalue weighted by molar-refractivity contribution is 0.0950. The van der Waals surface area contributed by atoms with Gasteiger partial charge in [-0.3, -0.25) is 4.79 Å². The van der Waals surface area contributed by atoms with E-state index in [1.165, 1.54) is 5.56 Å². The minimum Gasteiger partial charge on any atom is -0.347 e. The summed E-state index contributed by atoms with van der Waals surface area (Å²) in [4.78, 5) is 12.0. The number of benzene rings is 1. The van der Waals surface area contributed by atoms with E-state index in [-0.39, 0.29) is 5.91 Å². The summed E-state index contributed by atoms with van der Waals surface area (Å²) in [5.41, 5.74) is 2.92. The average molecular weight is 238 g/mol. The van der Waals surface area contributed by atoms with Crippen molar-refractivity contribution in [2.75, 3.05) is 6.54 Å². The third-order valence-electron chi connectivity index (χ3n) is 3.08. The molecule has 0 spiro atoms. The molecule has 3 rings (SSSR count). The fraction of sp³-hybridized carbons (Fsp3) is 0.133. The maximum atomic E-state index is 12.0. The zero-order valence-corrected chi connectivity index (χ0v) is 9.97. The van der Waals surface area contributed by atoms with E-state index in [4.69, 9.17) is 0 Å². The van der Waals surface area contributed by atoms with E-state index < -0.39 is 0 Å². The number of nitrogens with one attached hydrogen (secondary N) is 1. The van der Waals surface area contributed by atoms with Gasteiger partial charge in [0.05, 0.1) is 0 Å². The van der Waals surface area contributed by atoms with Gasteiger partial charge < -0.3 is 9.88 Å². The molecule has 1 aliphatic heterocycles. The molecule has 0 saturated carbocycles. The molecular weight excluding hydrogens is 224 g/mol. The van der Waals surface area contributed by atoms with E-state index >= 15 is 0 Å². The molecule has 3 nitrogen and oxygen atoms in total. The molecule has 18 heavy (non-hydrogen) atoms. The lowest BCUT2D eigenvalue weighted by atomic mass is 10.2. The summed E-state index contributed by atoms with van der Waals surface area (Å²) in [6.07, 6.45) is 5.93. The van der Waals surface area contributed by atoms with Crippen LogP contribution in [0.5, 0.6) is 0 Å². The van der Waals surface area contributed by atoms with Crippen LogP contribution in [0.1, 0.15) is 21.6 Å². The Kier molecular flexibility index (Phi) is 2.73. The van der Waals surface area contributed by atoms with Crippen molar-refractivity contribution < 1.29 is 4.79 Å². The summed E-state index contributed by atoms with van der Waals surface area (Å²) in [6, 6.07) is 12.1. The Balaban J connectivity index is 1.97. The fourth-order valence-corrected chi connectivity index (χ4v) is 2.22. The van der Waals surface area contributed by atoms with Crippen molar-refractivity contribution in [1.82, 2.24) is 9.88 Å². The Hall–Kier alpha value is -2.29. The van der Waals surface area contributed by atoms with Gasteiger partial charge in [-0.1, -0.05) is 42.5 Å². The van der Waals surface area contributed by atoms with Gasteiger partial charge in [0.15, 0.2) is 0 Å². The van der Waals surface area contributed by atoms with Crippen molar-refractivity contribution in [2.45, 2.75) is 6.54 Å². The van der Waals surface area contributed by atoms with Crippen molar-refractivity contribution in [1.29, 1.82) is 0 Å². The SMILES string of the molecule is O=C1NCC=Cc2ccn(Cc3ccccc3)c21. The van der Waals surface area contributed by atoms with E-state index in [0.29, 0.717) is 6.54 Å². The molecule has 0 saturated heterocycles. The van der Waals surface area contributed by atoms with Crippen LogP contribution in [0.3, 0.4) is 0 Å². The smallest absolute Gasteiger partial charge is 0.268 e. The average Bonchev–Trinajstić information content (AvgIpc) is 2.69. The molecular formula is C15H14N2O. The largest absolute Gasteiger partial charge is 0.347 e. The van der Waals surface area contributed by atoms with Crippen molar-refractivity contribution in [3.05, 3.63) is 65.5 Å². The van der Waals surface area contributed by atoms with E-state index in [9.17, 15) is 4.79 Å². The minimum atomic E-state index is -0.00377. The standard InChI is InChI=1S/C15H14N2O/c18-15-14-13(7-4-9-16-15)8-10-17(14)11-12-5-2-1-3-6-12/h1-8,10H,9,11H2,(H,16,18). The summed E-state index contributed by atoms with van der Waals surface area (Å²) in [5.74, 6) is -0.00377. The van der Waals surface area contributed by atoms with Crippen LogP contribution in [0.25, 0.3) is 6.08 Å². The van der Waals surface area contributed by atoms with E-state index in [2.05, 4.69) is 17.4 Å². The molecule has 0 unspecified atom stereocenters. The van der Waals surface area contributed by atoms with Crippen LogP contribution in [0.4, 0.5) is 0 Å². The number of nitrogens with zero attached hydrogens (tertiary/aromatic N) is 1. The minimum absolute atomic E-state index is 0.00377. The summed E-state index contributed by atoms with van der Waals surface area (Å²) in [6.45, 7) is 1.32. The zero-order chi connectivity index (χ0) is 12.4. The molecule has 0 atom stereocenters. The number of rotatable bonds is 2. The number of carbonyl (C=O) groups is 1. The van der Waals surface area contributed by atoms with E-state index in [0.717, 1.165) is 17.8 Å². The second-order valence-electron chi connectivity index (χ2n) is 4.35. The van der Waals surface area contributed by atoms with Gasteiger partial charge in [-0.15, -0.1) is 0 Å². The van der Waals surface area contributed by atoms with E-state index in [1.54, 1.807) is 0 Å². The Bertz CT molecular complexity index is 596. The molecule has 1 aliphatic rings. The highest BCUT2D eigenvalue weighted by atomic mass is 16.1. The molecule has 0 fully saturated rings. The highest BCUT2D eigenvalue weighted by Gasteiger charge is 2.16. The third-order valence-corrected chi connectivity index (χ3v) is 3.08. The van der Waals surface area contributed by atoms with Crippen molar-refractivity contribution in [3.63, 3.8) is 0 Å². The first kappa shape index (κ1) is 10.8. The molecule has 1 N–H and O–H groups in total. The first-order chi connectivity index (χ1) is 8.84. The van der Waals surface area contributed by atoms with Crippen molar-refractivity contribution >= 4 is 12.0 Å².